The fraction of sp³-hybridized carbons (Fsp3) is 0.611. The molecule has 0 aliphatic carbocycles. The minimum Gasteiger partial charge on any atom is -0.493 e. The van der Waals surface area contributed by atoms with Crippen molar-refractivity contribution in [1.29, 1.82) is 0 Å². The number of hydrogen-bond acceptors (Lipinski definition) is 5. The molecule has 1 atom stereocenters. The van der Waals surface area contributed by atoms with Gasteiger partial charge in [0.2, 0.25) is 5.91 Å². The number of hydrogen-bond donors (Lipinski definition) is 0. The highest BCUT2D eigenvalue weighted by atomic mass is 32.2. The molecule has 1 unspecified atom stereocenters. The van der Waals surface area contributed by atoms with E-state index in [9.17, 15) is 4.79 Å². The summed E-state index contributed by atoms with van der Waals surface area (Å²) in [5.74, 6) is 2.13. The second kappa shape index (κ2) is 7.66. The summed E-state index contributed by atoms with van der Waals surface area (Å²) in [6.07, 6.45) is 0. The number of methoxy groups -OCH3 is 2. The predicted molar refractivity (Wildman–Crippen MR) is 98.8 cm³/mol. The van der Waals surface area contributed by atoms with Gasteiger partial charge in [-0.3, -0.25) is 4.79 Å². The molecular formula is C18H28N2O3S. The molecule has 6 heteroatoms. The second-order valence-corrected chi connectivity index (χ2v) is 8.27. The first kappa shape index (κ1) is 18.9. The van der Waals surface area contributed by atoms with Gasteiger partial charge in [-0.25, -0.2) is 0 Å². The summed E-state index contributed by atoms with van der Waals surface area (Å²) < 4.78 is 10.7. The van der Waals surface area contributed by atoms with E-state index in [0.717, 1.165) is 18.7 Å². The zero-order chi connectivity index (χ0) is 17.9. The molecule has 1 fully saturated rings. The van der Waals surface area contributed by atoms with E-state index in [0.29, 0.717) is 17.3 Å². The summed E-state index contributed by atoms with van der Waals surface area (Å²) in [6, 6.07) is 5.89. The highest BCUT2D eigenvalue weighted by Crippen LogP contribution is 2.42. The molecule has 1 aliphatic heterocycles. The Labute approximate surface area is 149 Å². The van der Waals surface area contributed by atoms with Gasteiger partial charge in [0.1, 0.15) is 5.37 Å². The van der Waals surface area contributed by atoms with E-state index in [1.54, 1.807) is 26.0 Å². The number of rotatable bonds is 7. The first-order valence-electron chi connectivity index (χ1n) is 8.05. The van der Waals surface area contributed by atoms with Crippen molar-refractivity contribution in [3.05, 3.63) is 23.8 Å². The number of amides is 1. The van der Waals surface area contributed by atoms with Crippen molar-refractivity contribution in [2.75, 3.05) is 47.2 Å². The second-order valence-electron chi connectivity index (χ2n) is 7.20. The molecule has 1 aliphatic rings. The molecule has 0 saturated carbocycles. The number of carbonyl (C=O) groups is 1. The van der Waals surface area contributed by atoms with Crippen molar-refractivity contribution < 1.29 is 14.3 Å². The van der Waals surface area contributed by atoms with Crippen LogP contribution in [0, 0.1) is 5.41 Å². The van der Waals surface area contributed by atoms with Crippen LogP contribution < -0.4 is 9.47 Å². The predicted octanol–water partition coefficient (Wildman–Crippen LogP) is 2.87. The quantitative estimate of drug-likeness (QED) is 0.755. The van der Waals surface area contributed by atoms with Crippen LogP contribution in [0.15, 0.2) is 18.2 Å². The molecule has 1 aromatic carbocycles. The monoisotopic (exact) mass is 352 g/mol. The summed E-state index contributed by atoms with van der Waals surface area (Å²) in [4.78, 5) is 16.6. The molecule has 1 saturated heterocycles. The number of benzene rings is 1. The minimum absolute atomic E-state index is 0.0266. The van der Waals surface area contributed by atoms with Gasteiger partial charge in [-0.2, -0.15) is 0 Å². The van der Waals surface area contributed by atoms with Gasteiger partial charge in [-0.15, -0.1) is 11.8 Å². The van der Waals surface area contributed by atoms with Gasteiger partial charge in [0.25, 0.3) is 0 Å². The molecule has 24 heavy (non-hydrogen) atoms. The molecule has 0 radical (unpaired) electrons. The number of ether oxygens (including phenoxy) is 2. The number of nitrogens with zero attached hydrogens (tertiary/aromatic N) is 2. The third-order valence-corrected chi connectivity index (χ3v) is 5.26. The van der Waals surface area contributed by atoms with Gasteiger partial charge in [0, 0.05) is 13.1 Å². The molecular weight excluding hydrogens is 324 g/mol. The first-order valence-corrected chi connectivity index (χ1v) is 9.10. The van der Waals surface area contributed by atoms with Crippen LogP contribution in [0.2, 0.25) is 0 Å². The molecule has 0 bridgehead atoms. The largest absolute Gasteiger partial charge is 0.493 e. The summed E-state index contributed by atoms with van der Waals surface area (Å²) in [5.41, 5.74) is 1.10. The topological polar surface area (TPSA) is 42.0 Å². The Bertz CT molecular complexity index is 590. The highest BCUT2D eigenvalue weighted by molar-refractivity contribution is 8.00. The Morgan fingerprint density at radius 1 is 1.25 bits per heavy atom. The molecule has 1 heterocycles. The maximum absolute atomic E-state index is 12.4. The third kappa shape index (κ3) is 4.36. The van der Waals surface area contributed by atoms with Gasteiger partial charge in [0.15, 0.2) is 11.5 Å². The molecule has 0 aromatic heterocycles. The minimum atomic E-state index is 0.0266. The van der Waals surface area contributed by atoms with Crippen LogP contribution in [-0.2, 0) is 4.79 Å². The molecule has 0 N–H and O–H groups in total. The Kier molecular flexibility index (Phi) is 6.04. The highest BCUT2D eigenvalue weighted by Gasteiger charge is 2.36. The zero-order valence-corrected chi connectivity index (χ0v) is 16.3. The Balaban J connectivity index is 2.24. The molecule has 1 aromatic rings. The van der Waals surface area contributed by atoms with Gasteiger partial charge in [0.05, 0.1) is 20.0 Å². The molecule has 1 amide bonds. The average Bonchev–Trinajstić information content (AvgIpc) is 2.85. The van der Waals surface area contributed by atoms with Crippen LogP contribution in [0.5, 0.6) is 11.5 Å². The van der Waals surface area contributed by atoms with Crippen molar-refractivity contribution in [1.82, 2.24) is 9.80 Å². The van der Waals surface area contributed by atoms with E-state index < -0.39 is 0 Å². The van der Waals surface area contributed by atoms with Crippen LogP contribution in [0.3, 0.4) is 0 Å². The van der Waals surface area contributed by atoms with E-state index in [1.807, 2.05) is 23.1 Å². The van der Waals surface area contributed by atoms with Crippen LogP contribution in [0.25, 0.3) is 0 Å². The Morgan fingerprint density at radius 2 is 1.92 bits per heavy atom. The summed E-state index contributed by atoms with van der Waals surface area (Å²) in [5, 5.41) is 0.0266. The maximum Gasteiger partial charge on any atom is 0.233 e. The fourth-order valence-electron chi connectivity index (χ4n) is 3.27. The summed E-state index contributed by atoms with van der Waals surface area (Å²) in [6.45, 7) is 6.07. The van der Waals surface area contributed by atoms with Crippen LogP contribution in [0.1, 0.15) is 24.8 Å². The van der Waals surface area contributed by atoms with Crippen LogP contribution in [0.4, 0.5) is 0 Å². The third-order valence-electron chi connectivity index (χ3n) is 4.00. The van der Waals surface area contributed by atoms with Crippen molar-refractivity contribution in [2.24, 2.45) is 5.41 Å². The first-order chi connectivity index (χ1) is 11.3. The summed E-state index contributed by atoms with van der Waals surface area (Å²) >= 11 is 1.67. The van der Waals surface area contributed by atoms with Crippen LogP contribution >= 0.6 is 11.8 Å². The molecule has 5 nitrogen and oxygen atoms in total. The van der Waals surface area contributed by atoms with E-state index in [1.165, 1.54) is 0 Å². The van der Waals surface area contributed by atoms with E-state index in [-0.39, 0.29) is 16.7 Å². The van der Waals surface area contributed by atoms with Gasteiger partial charge >= 0.3 is 0 Å². The normalized spacial score (nSPS) is 18.4. The lowest BCUT2D eigenvalue weighted by molar-refractivity contribution is -0.129. The van der Waals surface area contributed by atoms with Gasteiger partial charge in [-0.05, 0) is 37.2 Å². The van der Waals surface area contributed by atoms with Crippen molar-refractivity contribution in [3.63, 3.8) is 0 Å². The Hall–Kier alpha value is -1.40. The van der Waals surface area contributed by atoms with Crippen LogP contribution in [-0.4, -0.2) is 62.9 Å². The lowest BCUT2D eigenvalue weighted by Crippen LogP contribution is -2.41. The lowest BCUT2D eigenvalue weighted by Gasteiger charge is -2.35. The van der Waals surface area contributed by atoms with E-state index in [2.05, 4.69) is 32.8 Å². The summed E-state index contributed by atoms with van der Waals surface area (Å²) in [7, 11) is 7.39. The van der Waals surface area contributed by atoms with E-state index in [4.69, 9.17) is 9.47 Å². The molecule has 0 spiro atoms. The van der Waals surface area contributed by atoms with Crippen molar-refractivity contribution in [2.45, 2.75) is 19.2 Å². The standard InChI is InChI=1S/C18H28N2O3S/c1-18(2,11-19(3)4)12-20-16(21)10-24-17(20)13-7-8-14(22-5)15(9-13)23-6/h7-9,17H,10-12H2,1-6H3. The number of carbonyl (C=O) groups excluding carboxylic acids is 1. The Morgan fingerprint density at radius 3 is 2.50 bits per heavy atom. The number of thioether (sulfide) groups is 1. The SMILES string of the molecule is COc1ccc(C2SCC(=O)N2CC(C)(C)CN(C)C)cc1OC. The fourth-order valence-corrected chi connectivity index (χ4v) is 4.45. The molecule has 134 valence electrons. The zero-order valence-electron chi connectivity index (χ0n) is 15.5. The lowest BCUT2D eigenvalue weighted by atomic mass is 9.92. The van der Waals surface area contributed by atoms with Crippen molar-refractivity contribution >= 4 is 17.7 Å². The van der Waals surface area contributed by atoms with Gasteiger partial charge in [-0.1, -0.05) is 19.9 Å². The maximum atomic E-state index is 12.4. The molecule has 2 rings (SSSR count). The van der Waals surface area contributed by atoms with Crippen molar-refractivity contribution in [3.8, 4) is 11.5 Å². The van der Waals surface area contributed by atoms with E-state index >= 15 is 0 Å². The van der Waals surface area contributed by atoms with Gasteiger partial charge < -0.3 is 19.3 Å². The average molecular weight is 353 g/mol. The smallest absolute Gasteiger partial charge is 0.233 e.